The van der Waals surface area contributed by atoms with E-state index in [0.717, 1.165) is 6.08 Å². The fourth-order valence-corrected chi connectivity index (χ4v) is 5.11. The van der Waals surface area contributed by atoms with Crippen LogP contribution in [0.25, 0.3) is 6.08 Å². The van der Waals surface area contributed by atoms with Gasteiger partial charge in [0.2, 0.25) is 0 Å². The molecule has 10 atom stereocenters. The van der Waals surface area contributed by atoms with Crippen LogP contribution < -0.4 is 9.47 Å². The number of aliphatic hydroxyl groups excluding tert-OH is 5. The molecule has 0 aromatic heterocycles. The third-order valence-corrected chi connectivity index (χ3v) is 7.72. The quantitative estimate of drug-likeness (QED) is 0.114. The van der Waals surface area contributed by atoms with Crippen LogP contribution in [0.5, 0.6) is 23.0 Å². The van der Waals surface area contributed by atoms with Crippen LogP contribution >= 0.6 is 0 Å². The number of aliphatic hydroxyl groups is 5. The topological polar surface area (TPSA) is 223 Å². The van der Waals surface area contributed by atoms with Crippen molar-refractivity contribution < 1.29 is 73.7 Å². The highest BCUT2D eigenvalue weighted by atomic mass is 16.7. The summed E-state index contributed by atoms with van der Waals surface area (Å²) in [6, 6.07) is 9.29. The Kier molecular flexibility index (Phi) is 12.2. The third kappa shape index (κ3) is 8.06. The van der Waals surface area contributed by atoms with E-state index in [4.69, 9.17) is 33.2 Å². The smallest absolute Gasteiger partial charge is 0.331 e. The highest BCUT2D eigenvalue weighted by Gasteiger charge is 2.52. The van der Waals surface area contributed by atoms with Crippen molar-refractivity contribution in [1.82, 2.24) is 0 Å². The number of carbonyl (C=O) groups is 1. The molecule has 2 aliphatic heterocycles. The highest BCUT2D eigenvalue weighted by molar-refractivity contribution is 5.87. The van der Waals surface area contributed by atoms with Crippen molar-refractivity contribution in [1.29, 1.82) is 0 Å². The molecule has 254 valence electrons. The predicted molar refractivity (Wildman–Crippen MR) is 157 cm³/mol. The maximum Gasteiger partial charge on any atom is 0.331 e. The Morgan fingerprint density at radius 1 is 0.891 bits per heavy atom. The number of aromatic hydroxyl groups is 2. The van der Waals surface area contributed by atoms with Crippen LogP contribution in [0.1, 0.15) is 18.1 Å². The fraction of sp³-hybridized carbons (Fsp3) is 0.516. The molecule has 0 radical (unpaired) electrons. The van der Waals surface area contributed by atoms with Crippen LogP contribution in [0.15, 0.2) is 42.5 Å². The summed E-state index contributed by atoms with van der Waals surface area (Å²) < 4.78 is 38.7. The van der Waals surface area contributed by atoms with Crippen molar-refractivity contribution in [3.05, 3.63) is 53.6 Å². The zero-order valence-electron chi connectivity index (χ0n) is 25.4. The molecule has 15 heteroatoms. The Bertz CT molecular complexity index is 1340. The number of hydrogen-bond acceptors (Lipinski definition) is 15. The Labute approximate surface area is 264 Å². The van der Waals surface area contributed by atoms with E-state index in [9.17, 15) is 40.5 Å². The number of para-hydroxylation sites is 1. The van der Waals surface area contributed by atoms with Gasteiger partial charge in [-0.3, -0.25) is 0 Å². The average Bonchev–Trinajstić information content (AvgIpc) is 3.05. The number of methoxy groups -OCH3 is 2. The Morgan fingerprint density at radius 2 is 1.63 bits per heavy atom. The van der Waals surface area contributed by atoms with Gasteiger partial charge in [0.15, 0.2) is 41.7 Å². The average molecular weight is 653 g/mol. The summed E-state index contributed by atoms with van der Waals surface area (Å²) in [6.45, 7) is 0.639. The minimum absolute atomic E-state index is 0.0822. The summed E-state index contributed by atoms with van der Waals surface area (Å²) in [5, 5.41) is 72.7. The van der Waals surface area contributed by atoms with Gasteiger partial charge < -0.3 is 68.9 Å². The standard InChI is InChI=1S/C31H40O15/c1-15-23(35)25(37)26(38)31(43-15)46-29-27(39)30(42-12-11-17-5-4-6-19(40-2)24(17)36)44-21(14-32)28(29)45-22(34)10-8-16-7-9-18(33)20(13-16)41-3/h4-10,13,15,21,23,25-33,35-39H,11-12,14H2,1-3H3/b10-8+/t15-,21+,23-,25+,26+,27+,28+,29+,30+,31-/m0/s1. The minimum atomic E-state index is -1.76. The zero-order chi connectivity index (χ0) is 33.5. The van der Waals surface area contributed by atoms with Crippen molar-refractivity contribution in [3.63, 3.8) is 0 Å². The van der Waals surface area contributed by atoms with Crippen molar-refractivity contribution >= 4 is 12.0 Å². The van der Waals surface area contributed by atoms with E-state index >= 15 is 0 Å². The van der Waals surface area contributed by atoms with Crippen molar-refractivity contribution in [2.24, 2.45) is 0 Å². The third-order valence-electron chi connectivity index (χ3n) is 7.72. The van der Waals surface area contributed by atoms with Gasteiger partial charge in [0.25, 0.3) is 0 Å². The summed E-state index contributed by atoms with van der Waals surface area (Å²) >= 11 is 0. The van der Waals surface area contributed by atoms with Gasteiger partial charge in [-0.15, -0.1) is 0 Å². The first-order valence-electron chi connectivity index (χ1n) is 14.5. The maximum absolute atomic E-state index is 12.9. The van der Waals surface area contributed by atoms with Crippen molar-refractivity contribution in [3.8, 4) is 23.0 Å². The van der Waals surface area contributed by atoms with Gasteiger partial charge in [-0.05, 0) is 43.2 Å². The summed E-state index contributed by atoms with van der Waals surface area (Å²) in [5.74, 6) is -0.680. The second kappa shape index (κ2) is 15.9. The van der Waals surface area contributed by atoms with Gasteiger partial charge in [-0.1, -0.05) is 18.2 Å². The Hall–Kier alpha value is -3.51. The van der Waals surface area contributed by atoms with Crippen LogP contribution in [0.3, 0.4) is 0 Å². The summed E-state index contributed by atoms with van der Waals surface area (Å²) in [5.41, 5.74) is 0.968. The van der Waals surface area contributed by atoms with Gasteiger partial charge in [0, 0.05) is 11.6 Å². The lowest BCUT2D eigenvalue weighted by atomic mass is 9.97. The molecule has 7 N–H and O–H groups in total. The molecule has 2 aromatic rings. The predicted octanol–water partition coefficient (Wildman–Crippen LogP) is -0.410. The molecule has 2 aromatic carbocycles. The molecule has 2 saturated heterocycles. The molecule has 0 amide bonds. The number of carbonyl (C=O) groups excluding carboxylic acids is 1. The van der Waals surface area contributed by atoms with E-state index in [1.54, 1.807) is 18.2 Å². The molecule has 0 saturated carbocycles. The molecular formula is C31H40O15. The lowest BCUT2D eigenvalue weighted by Gasteiger charge is -2.46. The monoisotopic (exact) mass is 652 g/mol. The molecule has 2 aliphatic rings. The first-order valence-corrected chi connectivity index (χ1v) is 14.5. The largest absolute Gasteiger partial charge is 0.504 e. The van der Waals surface area contributed by atoms with Crippen molar-refractivity contribution in [2.75, 3.05) is 27.4 Å². The van der Waals surface area contributed by atoms with Gasteiger partial charge in [-0.2, -0.15) is 0 Å². The number of ether oxygens (including phenoxy) is 7. The highest BCUT2D eigenvalue weighted by Crippen LogP contribution is 2.33. The molecule has 0 spiro atoms. The van der Waals surface area contributed by atoms with Crippen LogP contribution in [0.4, 0.5) is 0 Å². The van der Waals surface area contributed by atoms with E-state index in [-0.39, 0.29) is 36.0 Å². The number of hydrogen-bond donors (Lipinski definition) is 7. The lowest BCUT2D eigenvalue weighted by Crippen LogP contribution is -2.65. The zero-order valence-corrected chi connectivity index (χ0v) is 25.4. The molecule has 0 unspecified atom stereocenters. The van der Waals surface area contributed by atoms with E-state index in [0.29, 0.717) is 11.1 Å². The molecule has 15 nitrogen and oxygen atoms in total. The molecule has 0 bridgehead atoms. The van der Waals surface area contributed by atoms with Gasteiger partial charge in [-0.25, -0.2) is 4.79 Å². The normalized spacial score (nSPS) is 31.5. The second-order valence-electron chi connectivity index (χ2n) is 10.8. The van der Waals surface area contributed by atoms with Crippen LogP contribution in [-0.2, 0) is 34.9 Å². The number of phenols is 2. The minimum Gasteiger partial charge on any atom is -0.504 e. The molecule has 0 aliphatic carbocycles. The molecule has 46 heavy (non-hydrogen) atoms. The number of benzene rings is 2. The van der Waals surface area contributed by atoms with E-state index < -0.39 is 74.0 Å². The molecular weight excluding hydrogens is 612 g/mol. The fourth-order valence-electron chi connectivity index (χ4n) is 5.11. The van der Waals surface area contributed by atoms with E-state index in [2.05, 4.69) is 0 Å². The van der Waals surface area contributed by atoms with E-state index in [1.165, 1.54) is 45.4 Å². The summed E-state index contributed by atoms with van der Waals surface area (Å²) in [7, 11) is 2.78. The summed E-state index contributed by atoms with van der Waals surface area (Å²) in [6.07, 6.45) is -12.3. The summed E-state index contributed by atoms with van der Waals surface area (Å²) in [4.78, 5) is 12.9. The van der Waals surface area contributed by atoms with Gasteiger partial charge >= 0.3 is 5.97 Å². The first-order chi connectivity index (χ1) is 22.0. The maximum atomic E-state index is 12.9. The molecule has 2 heterocycles. The second-order valence-corrected chi connectivity index (χ2v) is 10.8. The Balaban J connectivity index is 1.53. The van der Waals surface area contributed by atoms with Crippen LogP contribution in [0.2, 0.25) is 0 Å². The number of phenolic OH excluding ortho intramolecular Hbond substituents is 2. The number of esters is 1. The lowest BCUT2D eigenvalue weighted by molar-refractivity contribution is -0.357. The SMILES string of the molecule is COc1cc(/C=C/C(=O)O[C@H]2[C@H](O[C@@H]3O[C@@H](C)[C@H](O)[C@@H](O)[C@H]3O)[C@@H](O)[C@H](OCCc3cccc(OC)c3O)O[C@@H]2CO)ccc1O. The molecule has 2 fully saturated rings. The van der Waals surface area contributed by atoms with Crippen LogP contribution in [0, 0.1) is 0 Å². The van der Waals surface area contributed by atoms with Crippen molar-refractivity contribution in [2.45, 2.75) is 74.8 Å². The van der Waals surface area contributed by atoms with Gasteiger partial charge in [0.1, 0.15) is 36.6 Å². The van der Waals surface area contributed by atoms with E-state index in [1.807, 2.05) is 0 Å². The van der Waals surface area contributed by atoms with Gasteiger partial charge in [0.05, 0.1) is 33.5 Å². The number of rotatable bonds is 12. The Morgan fingerprint density at radius 3 is 2.33 bits per heavy atom. The van der Waals surface area contributed by atoms with Crippen LogP contribution in [-0.4, -0.2) is 131 Å². The first kappa shape index (κ1) is 35.3. The molecule has 4 rings (SSSR count).